The summed E-state index contributed by atoms with van der Waals surface area (Å²) in [6.07, 6.45) is 8.39. The van der Waals surface area contributed by atoms with Gasteiger partial charge in [-0.1, -0.05) is 44.4 Å². The summed E-state index contributed by atoms with van der Waals surface area (Å²) in [5.74, 6) is 5.89. The topological polar surface area (TPSA) is 50.9 Å². The number of nitrogens with two attached hydrogens (primary N) is 1. The molecule has 0 radical (unpaired) electrons. The van der Waals surface area contributed by atoms with E-state index in [1.807, 2.05) is 18.3 Å². The molecule has 3 heteroatoms. The first-order valence-electron chi connectivity index (χ1n) is 7.54. The van der Waals surface area contributed by atoms with Crippen molar-refractivity contribution in [2.45, 2.75) is 45.1 Å². The van der Waals surface area contributed by atoms with Crippen molar-refractivity contribution < 1.29 is 0 Å². The molecule has 1 unspecified atom stereocenters. The lowest BCUT2D eigenvalue weighted by Crippen LogP contribution is -2.41. The summed E-state index contributed by atoms with van der Waals surface area (Å²) in [4.78, 5) is 4.58. The lowest BCUT2D eigenvalue weighted by atomic mass is 9.69. The average Bonchev–Trinajstić information content (AvgIpc) is 2.48. The maximum atomic E-state index is 5.89. The van der Waals surface area contributed by atoms with Crippen LogP contribution < -0.4 is 11.3 Å². The molecule has 0 saturated heterocycles. The smallest absolute Gasteiger partial charge is 0.0702 e. The van der Waals surface area contributed by atoms with Crippen LogP contribution in [-0.2, 0) is 0 Å². The van der Waals surface area contributed by atoms with Gasteiger partial charge < -0.3 is 0 Å². The average molecular weight is 269 g/mol. The number of hydrogen-bond acceptors (Lipinski definition) is 3. The second-order valence-electron chi connectivity index (χ2n) is 6.28. The second-order valence-corrected chi connectivity index (χ2v) is 6.28. The highest BCUT2D eigenvalue weighted by atomic mass is 15.2. The second kappa shape index (κ2) is 5.51. The van der Waals surface area contributed by atoms with Gasteiger partial charge in [-0.05, 0) is 36.0 Å². The zero-order valence-electron chi connectivity index (χ0n) is 12.1. The normalized spacial score (nSPS) is 19.9. The number of para-hydroxylation sites is 1. The van der Waals surface area contributed by atoms with Gasteiger partial charge in [0, 0.05) is 11.6 Å². The molecule has 1 aliphatic rings. The molecule has 0 bridgehead atoms. The van der Waals surface area contributed by atoms with Crippen LogP contribution in [0.4, 0.5) is 0 Å². The highest BCUT2D eigenvalue weighted by molar-refractivity contribution is 5.78. The summed E-state index contributed by atoms with van der Waals surface area (Å²) in [5, 5.41) is 1.18. The standard InChI is InChI=1S/C17H23N3/c1-17(9-5-2-6-10-17)16(20-18)14-11-13-7-3-4-8-15(13)19-12-14/h3-4,7-8,11-12,16,20H,2,5-6,9-10,18H2,1H3. The van der Waals surface area contributed by atoms with Gasteiger partial charge in [0.15, 0.2) is 0 Å². The van der Waals surface area contributed by atoms with Gasteiger partial charge in [-0.3, -0.25) is 16.3 Å². The van der Waals surface area contributed by atoms with Crippen molar-refractivity contribution in [2.75, 3.05) is 0 Å². The molecule has 0 spiro atoms. The molecule has 106 valence electrons. The molecule has 3 nitrogen and oxygen atoms in total. The fraction of sp³-hybridized carbons (Fsp3) is 0.471. The summed E-state index contributed by atoms with van der Waals surface area (Å²) in [7, 11) is 0. The monoisotopic (exact) mass is 269 g/mol. The van der Waals surface area contributed by atoms with Gasteiger partial charge in [0.05, 0.1) is 11.6 Å². The first-order chi connectivity index (χ1) is 9.73. The Morgan fingerprint density at radius 2 is 1.95 bits per heavy atom. The molecule has 20 heavy (non-hydrogen) atoms. The van der Waals surface area contributed by atoms with E-state index in [2.05, 4.69) is 35.5 Å². The first-order valence-corrected chi connectivity index (χ1v) is 7.54. The Morgan fingerprint density at radius 3 is 2.70 bits per heavy atom. The lowest BCUT2D eigenvalue weighted by molar-refractivity contribution is 0.145. The van der Waals surface area contributed by atoms with E-state index in [0.717, 1.165) is 5.52 Å². The molecular weight excluding hydrogens is 246 g/mol. The Hall–Kier alpha value is -1.45. The predicted molar refractivity (Wildman–Crippen MR) is 83.0 cm³/mol. The minimum atomic E-state index is 0.180. The summed E-state index contributed by atoms with van der Waals surface area (Å²) in [5.41, 5.74) is 5.53. The Kier molecular flexibility index (Phi) is 3.72. The van der Waals surface area contributed by atoms with Crippen LogP contribution in [0.25, 0.3) is 10.9 Å². The molecule has 1 heterocycles. The maximum Gasteiger partial charge on any atom is 0.0702 e. The van der Waals surface area contributed by atoms with E-state index in [9.17, 15) is 0 Å². The van der Waals surface area contributed by atoms with Crippen molar-refractivity contribution in [2.24, 2.45) is 11.3 Å². The quantitative estimate of drug-likeness (QED) is 0.659. The molecule has 0 amide bonds. The molecule has 1 fully saturated rings. The minimum Gasteiger partial charge on any atom is -0.271 e. The predicted octanol–water partition coefficient (Wildman–Crippen LogP) is 3.71. The van der Waals surface area contributed by atoms with Crippen LogP contribution in [0.5, 0.6) is 0 Å². The molecule has 1 aliphatic carbocycles. The van der Waals surface area contributed by atoms with E-state index in [1.165, 1.54) is 43.1 Å². The molecule has 1 aromatic heterocycles. The Balaban J connectivity index is 1.98. The zero-order chi connectivity index (χ0) is 14.0. The SMILES string of the molecule is CC1(C(NN)c2cnc3ccccc3c2)CCCCC1. The van der Waals surface area contributed by atoms with Gasteiger partial charge in [-0.2, -0.15) is 0 Å². The van der Waals surface area contributed by atoms with E-state index < -0.39 is 0 Å². The highest BCUT2D eigenvalue weighted by Crippen LogP contribution is 2.45. The number of hydrogen-bond donors (Lipinski definition) is 2. The van der Waals surface area contributed by atoms with E-state index in [1.54, 1.807) is 0 Å². The van der Waals surface area contributed by atoms with Crippen LogP contribution in [0.3, 0.4) is 0 Å². The number of benzene rings is 1. The molecule has 3 rings (SSSR count). The van der Waals surface area contributed by atoms with Crippen molar-refractivity contribution in [1.82, 2.24) is 10.4 Å². The van der Waals surface area contributed by atoms with E-state index in [0.29, 0.717) is 0 Å². The molecule has 3 N–H and O–H groups in total. The summed E-state index contributed by atoms with van der Waals surface area (Å²) >= 11 is 0. The molecule has 1 saturated carbocycles. The third kappa shape index (κ3) is 2.43. The van der Waals surface area contributed by atoms with Gasteiger partial charge in [0.1, 0.15) is 0 Å². The summed E-state index contributed by atoms with van der Waals surface area (Å²) < 4.78 is 0. The first kappa shape index (κ1) is 13.5. The molecular formula is C17H23N3. The van der Waals surface area contributed by atoms with Crippen LogP contribution in [0.15, 0.2) is 36.5 Å². The van der Waals surface area contributed by atoms with Gasteiger partial charge in [0.25, 0.3) is 0 Å². The van der Waals surface area contributed by atoms with Crippen molar-refractivity contribution in [3.8, 4) is 0 Å². The lowest BCUT2D eigenvalue weighted by Gasteiger charge is -2.40. The fourth-order valence-corrected chi connectivity index (χ4v) is 3.59. The number of nitrogens with one attached hydrogen (secondary N) is 1. The Labute approximate surface area is 120 Å². The van der Waals surface area contributed by atoms with Crippen molar-refractivity contribution in [3.63, 3.8) is 0 Å². The molecule has 0 aliphatic heterocycles. The van der Waals surface area contributed by atoms with Crippen LogP contribution >= 0.6 is 0 Å². The molecule has 1 atom stereocenters. The summed E-state index contributed by atoms with van der Waals surface area (Å²) in [6.45, 7) is 2.35. The fourth-order valence-electron chi connectivity index (χ4n) is 3.59. The molecule has 2 aromatic rings. The van der Waals surface area contributed by atoms with Crippen molar-refractivity contribution in [1.29, 1.82) is 0 Å². The third-order valence-electron chi connectivity index (χ3n) is 4.80. The summed E-state index contributed by atoms with van der Waals surface area (Å²) in [6, 6.07) is 10.7. The number of fused-ring (bicyclic) bond motifs is 1. The van der Waals surface area contributed by atoms with Crippen LogP contribution in [0.2, 0.25) is 0 Å². The number of rotatable bonds is 3. The molecule has 1 aromatic carbocycles. The third-order valence-corrected chi connectivity index (χ3v) is 4.80. The highest BCUT2D eigenvalue weighted by Gasteiger charge is 2.36. The number of hydrazine groups is 1. The zero-order valence-corrected chi connectivity index (χ0v) is 12.1. The van der Waals surface area contributed by atoms with Gasteiger partial charge in [0.2, 0.25) is 0 Å². The van der Waals surface area contributed by atoms with E-state index in [4.69, 9.17) is 5.84 Å². The van der Waals surface area contributed by atoms with Crippen LogP contribution in [-0.4, -0.2) is 4.98 Å². The van der Waals surface area contributed by atoms with Crippen molar-refractivity contribution >= 4 is 10.9 Å². The van der Waals surface area contributed by atoms with Gasteiger partial charge >= 0.3 is 0 Å². The van der Waals surface area contributed by atoms with Crippen LogP contribution in [0, 0.1) is 5.41 Å². The largest absolute Gasteiger partial charge is 0.271 e. The van der Waals surface area contributed by atoms with Crippen molar-refractivity contribution in [3.05, 3.63) is 42.1 Å². The minimum absolute atomic E-state index is 0.180. The van der Waals surface area contributed by atoms with Crippen LogP contribution in [0.1, 0.15) is 50.6 Å². The maximum absolute atomic E-state index is 5.89. The van der Waals surface area contributed by atoms with E-state index >= 15 is 0 Å². The Bertz CT molecular complexity index is 588. The van der Waals surface area contributed by atoms with Gasteiger partial charge in [-0.15, -0.1) is 0 Å². The number of pyridine rings is 1. The number of nitrogens with zero attached hydrogens (tertiary/aromatic N) is 1. The Morgan fingerprint density at radius 1 is 1.20 bits per heavy atom. The number of aromatic nitrogens is 1. The van der Waals surface area contributed by atoms with Gasteiger partial charge in [-0.25, -0.2) is 0 Å². The van der Waals surface area contributed by atoms with E-state index in [-0.39, 0.29) is 11.5 Å².